The number of amides is 3. The summed E-state index contributed by atoms with van der Waals surface area (Å²) in [6.45, 7) is 6.41. The van der Waals surface area contributed by atoms with E-state index in [0.717, 1.165) is 0 Å². The highest BCUT2D eigenvalue weighted by atomic mass is 35.5. The fraction of sp³-hybridized carbons (Fsp3) is 0.455. The van der Waals surface area contributed by atoms with Crippen molar-refractivity contribution in [2.45, 2.75) is 20.3 Å². The molecule has 2 heterocycles. The molecular weight excluding hydrogens is 487 g/mol. The predicted molar refractivity (Wildman–Crippen MR) is 129 cm³/mol. The lowest BCUT2D eigenvalue weighted by Gasteiger charge is -2.26. The van der Waals surface area contributed by atoms with E-state index in [1.54, 1.807) is 22.4 Å². The third kappa shape index (κ3) is 7.40. The summed E-state index contributed by atoms with van der Waals surface area (Å²) in [5.41, 5.74) is 0.953. The molecule has 8 nitrogen and oxygen atoms in total. The highest BCUT2D eigenvalue weighted by Crippen LogP contribution is 2.23. The average molecular weight is 513 g/mol. The Balaban J connectivity index is 1.60. The molecule has 0 aliphatic carbocycles. The van der Waals surface area contributed by atoms with Gasteiger partial charge in [0.05, 0.1) is 35.4 Å². The summed E-state index contributed by atoms with van der Waals surface area (Å²) in [6.07, 6.45) is 0.168. The minimum absolute atomic E-state index is 0.0168. The van der Waals surface area contributed by atoms with E-state index < -0.39 is 0 Å². The minimum atomic E-state index is -0.371. The summed E-state index contributed by atoms with van der Waals surface area (Å²) in [4.78, 5) is 45.6. The van der Waals surface area contributed by atoms with Gasteiger partial charge in [-0.05, 0) is 24.1 Å². The van der Waals surface area contributed by atoms with E-state index in [1.807, 2.05) is 13.8 Å². The predicted octanol–water partition coefficient (Wildman–Crippen LogP) is 3.59. The monoisotopic (exact) mass is 512 g/mol. The molecule has 1 saturated heterocycles. The molecule has 0 atom stereocenters. The fourth-order valence-corrected chi connectivity index (χ4v) is 4.35. The Morgan fingerprint density at radius 2 is 1.94 bits per heavy atom. The molecule has 1 N–H and O–H groups in total. The molecule has 0 saturated carbocycles. The summed E-state index contributed by atoms with van der Waals surface area (Å²) >= 11 is 13.2. The second-order valence-corrected chi connectivity index (χ2v) is 9.74. The van der Waals surface area contributed by atoms with E-state index in [2.05, 4.69) is 10.3 Å². The van der Waals surface area contributed by atoms with E-state index in [1.165, 1.54) is 22.3 Å². The summed E-state index contributed by atoms with van der Waals surface area (Å²) in [5, 5.41) is 5.50. The molecule has 1 aliphatic heterocycles. The third-order valence-corrected chi connectivity index (χ3v) is 6.41. The highest BCUT2D eigenvalue weighted by Gasteiger charge is 2.22. The molecule has 1 aromatic carbocycles. The number of hydrogen-bond acceptors (Lipinski definition) is 6. The van der Waals surface area contributed by atoms with Crippen LogP contribution >= 0.6 is 34.5 Å². The zero-order chi connectivity index (χ0) is 24.0. The zero-order valence-corrected chi connectivity index (χ0v) is 20.8. The first-order valence-electron chi connectivity index (χ1n) is 10.6. The normalized spacial score (nSPS) is 13.8. The number of carbonyl (C=O) groups excluding carboxylic acids is 3. The molecular formula is C22H26Cl2N4O4S. The van der Waals surface area contributed by atoms with E-state index in [-0.39, 0.29) is 41.6 Å². The van der Waals surface area contributed by atoms with Gasteiger partial charge in [-0.2, -0.15) is 0 Å². The van der Waals surface area contributed by atoms with Gasteiger partial charge < -0.3 is 19.9 Å². The Labute approximate surface area is 206 Å². The van der Waals surface area contributed by atoms with Crippen molar-refractivity contribution in [3.63, 3.8) is 0 Å². The average Bonchev–Trinajstić information content (AvgIpc) is 3.21. The SMILES string of the molecule is CC(C)CN(CC(=O)Nc1nc(CC(=O)N2CCOCC2)cs1)C(=O)c1ccc(Cl)c(Cl)c1. The van der Waals surface area contributed by atoms with Gasteiger partial charge >= 0.3 is 0 Å². The summed E-state index contributed by atoms with van der Waals surface area (Å²) in [7, 11) is 0. The number of aromatic nitrogens is 1. The summed E-state index contributed by atoms with van der Waals surface area (Å²) in [6, 6.07) is 4.64. The van der Waals surface area contributed by atoms with Gasteiger partial charge in [0.15, 0.2) is 5.13 Å². The Kier molecular flexibility index (Phi) is 9.08. The zero-order valence-electron chi connectivity index (χ0n) is 18.5. The molecule has 0 spiro atoms. The molecule has 3 amide bonds. The van der Waals surface area contributed by atoms with Crippen molar-refractivity contribution in [2.24, 2.45) is 5.92 Å². The van der Waals surface area contributed by atoms with Crippen LogP contribution in [0.4, 0.5) is 5.13 Å². The first-order chi connectivity index (χ1) is 15.7. The number of carbonyl (C=O) groups is 3. The van der Waals surface area contributed by atoms with Crippen LogP contribution in [0, 0.1) is 5.92 Å². The fourth-order valence-electron chi connectivity index (χ4n) is 3.33. The van der Waals surface area contributed by atoms with Crippen LogP contribution in [0.15, 0.2) is 23.6 Å². The molecule has 1 fully saturated rings. The Morgan fingerprint density at radius 1 is 1.21 bits per heavy atom. The van der Waals surface area contributed by atoms with Gasteiger partial charge in [-0.3, -0.25) is 14.4 Å². The van der Waals surface area contributed by atoms with Crippen LogP contribution in [-0.4, -0.2) is 71.9 Å². The largest absolute Gasteiger partial charge is 0.378 e. The summed E-state index contributed by atoms with van der Waals surface area (Å²) < 4.78 is 5.26. The molecule has 178 valence electrons. The van der Waals surface area contributed by atoms with Crippen molar-refractivity contribution >= 4 is 57.4 Å². The van der Waals surface area contributed by atoms with Crippen LogP contribution in [0.5, 0.6) is 0 Å². The number of thiazole rings is 1. The Morgan fingerprint density at radius 3 is 2.61 bits per heavy atom. The maximum atomic E-state index is 13.0. The maximum Gasteiger partial charge on any atom is 0.254 e. The second kappa shape index (κ2) is 11.8. The molecule has 0 unspecified atom stereocenters. The Hall–Kier alpha value is -2.20. The molecule has 1 aromatic heterocycles. The van der Waals surface area contributed by atoms with Crippen LogP contribution in [0.2, 0.25) is 10.0 Å². The van der Waals surface area contributed by atoms with Gasteiger partial charge in [-0.15, -0.1) is 11.3 Å². The van der Waals surface area contributed by atoms with Crippen LogP contribution in [0.1, 0.15) is 29.9 Å². The molecule has 3 rings (SSSR count). The van der Waals surface area contributed by atoms with Crippen LogP contribution < -0.4 is 5.32 Å². The number of ether oxygens (including phenoxy) is 1. The van der Waals surface area contributed by atoms with Crippen molar-refractivity contribution < 1.29 is 19.1 Å². The van der Waals surface area contributed by atoms with Crippen molar-refractivity contribution in [3.8, 4) is 0 Å². The summed E-state index contributed by atoms with van der Waals surface area (Å²) in [5.74, 6) is -0.545. The molecule has 33 heavy (non-hydrogen) atoms. The van der Waals surface area contributed by atoms with E-state index in [0.29, 0.717) is 54.3 Å². The molecule has 0 radical (unpaired) electrons. The lowest BCUT2D eigenvalue weighted by molar-refractivity contribution is -0.134. The highest BCUT2D eigenvalue weighted by molar-refractivity contribution is 7.13. The van der Waals surface area contributed by atoms with E-state index in [4.69, 9.17) is 27.9 Å². The Bertz CT molecular complexity index is 1010. The number of anilines is 1. The van der Waals surface area contributed by atoms with Crippen molar-refractivity contribution in [2.75, 3.05) is 44.7 Å². The number of nitrogens with zero attached hydrogens (tertiary/aromatic N) is 3. The lowest BCUT2D eigenvalue weighted by Crippen LogP contribution is -2.41. The van der Waals surface area contributed by atoms with E-state index in [9.17, 15) is 14.4 Å². The lowest BCUT2D eigenvalue weighted by atomic mass is 10.1. The van der Waals surface area contributed by atoms with Crippen molar-refractivity contribution in [1.82, 2.24) is 14.8 Å². The van der Waals surface area contributed by atoms with Gasteiger partial charge in [0.25, 0.3) is 5.91 Å². The number of hydrogen-bond donors (Lipinski definition) is 1. The number of nitrogens with one attached hydrogen (secondary N) is 1. The van der Waals surface area contributed by atoms with Crippen LogP contribution in [0.3, 0.4) is 0 Å². The first kappa shape index (κ1) is 25.4. The van der Waals surface area contributed by atoms with Gasteiger partial charge in [-0.25, -0.2) is 4.98 Å². The quantitative estimate of drug-likeness (QED) is 0.583. The van der Waals surface area contributed by atoms with Gasteiger partial charge in [0.1, 0.15) is 6.54 Å². The van der Waals surface area contributed by atoms with Crippen LogP contribution in [0.25, 0.3) is 0 Å². The second-order valence-electron chi connectivity index (χ2n) is 8.07. The molecule has 2 aromatic rings. The smallest absolute Gasteiger partial charge is 0.254 e. The van der Waals surface area contributed by atoms with Gasteiger partial charge in [0.2, 0.25) is 11.8 Å². The van der Waals surface area contributed by atoms with Crippen LogP contribution in [-0.2, 0) is 20.7 Å². The minimum Gasteiger partial charge on any atom is -0.378 e. The maximum absolute atomic E-state index is 13.0. The van der Waals surface area contributed by atoms with E-state index >= 15 is 0 Å². The topological polar surface area (TPSA) is 91.8 Å². The number of benzene rings is 1. The molecule has 1 aliphatic rings. The standard InChI is InChI=1S/C22H26Cl2N4O4S/c1-14(2)11-28(21(31)15-3-4-17(23)18(24)9-15)12-19(29)26-22-25-16(13-33-22)10-20(30)27-5-7-32-8-6-27/h3-4,9,13-14H,5-8,10-12H2,1-2H3,(H,25,26,29). The van der Waals surface area contributed by atoms with Gasteiger partial charge in [-0.1, -0.05) is 37.0 Å². The van der Waals surface area contributed by atoms with Crippen molar-refractivity contribution in [3.05, 3.63) is 44.9 Å². The first-order valence-corrected chi connectivity index (χ1v) is 12.2. The van der Waals surface area contributed by atoms with Crippen molar-refractivity contribution in [1.29, 1.82) is 0 Å². The molecule has 0 bridgehead atoms. The van der Waals surface area contributed by atoms with Gasteiger partial charge in [0, 0.05) is 30.6 Å². The number of halogens is 2. The number of rotatable bonds is 8. The molecule has 11 heteroatoms. The number of morpholine rings is 1. The third-order valence-electron chi connectivity index (χ3n) is 4.87.